The lowest BCUT2D eigenvalue weighted by molar-refractivity contribution is -0.109. The Hall–Kier alpha value is -0.700. The second-order valence-corrected chi connectivity index (χ2v) is 7.79. The molecule has 0 aliphatic rings. The van der Waals surface area contributed by atoms with Gasteiger partial charge in [0.05, 0.1) is 5.60 Å². The maximum atomic E-state index is 10.2. The predicted molar refractivity (Wildman–Crippen MR) is 108 cm³/mol. The highest BCUT2D eigenvalue weighted by Crippen LogP contribution is 2.19. The van der Waals surface area contributed by atoms with Crippen LogP contribution in [0.1, 0.15) is 111 Å². The minimum atomic E-state index is -0.0130. The molecule has 0 aliphatic heterocycles. The maximum Gasteiger partial charge on any atom is 0.120 e. The van der Waals surface area contributed by atoms with Gasteiger partial charge in [-0.1, -0.05) is 71.6 Å². The molecule has 0 saturated carbocycles. The predicted octanol–water partition coefficient (Wildman–Crippen LogP) is 6.52. The van der Waals surface area contributed by atoms with E-state index in [0.717, 1.165) is 44.7 Å². The fourth-order valence-corrected chi connectivity index (χ4v) is 2.62. The smallest absolute Gasteiger partial charge is 0.120 e. The first kappa shape index (κ1) is 26.5. The van der Waals surface area contributed by atoms with E-state index in [1.54, 1.807) is 7.11 Å². The van der Waals surface area contributed by atoms with Crippen molar-refractivity contribution in [2.45, 2.75) is 117 Å². The molecule has 0 radical (unpaired) electrons. The molecule has 0 heterocycles. The molecular weight excluding hydrogens is 312 g/mol. The van der Waals surface area contributed by atoms with Gasteiger partial charge in [-0.05, 0) is 32.6 Å². The second-order valence-electron chi connectivity index (χ2n) is 7.79. The zero-order valence-electron chi connectivity index (χ0n) is 17.6. The number of ether oxygens (including phenoxy) is 1. The second kappa shape index (κ2) is 19.6. The molecule has 0 aliphatic carbocycles. The van der Waals surface area contributed by atoms with E-state index in [0.29, 0.717) is 12.3 Å². The summed E-state index contributed by atoms with van der Waals surface area (Å²) in [6.07, 6.45) is 17.3. The summed E-state index contributed by atoms with van der Waals surface area (Å²) in [6.45, 7) is 8.55. The van der Waals surface area contributed by atoms with Gasteiger partial charge in [0.2, 0.25) is 0 Å². The third-order valence-corrected chi connectivity index (χ3v) is 4.70. The van der Waals surface area contributed by atoms with Gasteiger partial charge in [-0.15, -0.1) is 0 Å². The molecule has 0 spiro atoms. The first-order valence-electron chi connectivity index (χ1n) is 10.4. The molecular formula is C22H44O3. The Morgan fingerprint density at radius 2 is 1.44 bits per heavy atom. The van der Waals surface area contributed by atoms with Crippen LogP contribution >= 0.6 is 0 Å². The van der Waals surface area contributed by atoms with E-state index < -0.39 is 0 Å². The SMILES string of the molecule is CCCCCCCCCCC=O.COC(C)(C)CCCC(C)CC=O. The Balaban J connectivity index is 0. The Bertz CT molecular complexity index is 287. The van der Waals surface area contributed by atoms with Crippen molar-refractivity contribution in [1.82, 2.24) is 0 Å². The third-order valence-electron chi connectivity index (χ3n) is 4.70. The van der Waals surface area contributed by atoms with Crippen molar-refractivity contribution in [2.24, 2.45) is 5.92 Å². The van der Waals surface area contributed by atoms with Crippen LogP contribution in [0.5, 0.6) is 0 Å². The number of methoxy groups -OCH3 is 1. The normalized spacial score (nSPS) is 12.2. The fraction of sp³-hybridized carbons (Fsp3) is 0.909. The van der Waals surface area contributed by atoms with Gasteiger partial charge in [-0.25, -0.2) is 0 Å². The zero-order chi connectivity index (χ0) is 19.4. The van der Waals surface area contributed by atoms with E-state index in [1.165, 1.54) is 44.9 Å². The molecule has 3 heteroatoms. The highest BCUT2D eigenvalue weighted by atomic mass is 16.5. The standard InChI is InChI=1S/C11H22O2.C11H22O/c1-10(7-9-12)6-5-8-11(2,3)13-4;1-2-3-4-5-6-7-8-9-10-11-12/h9-10H,5-8H2,1-4H3;11H,2-10H2,1H3. The van der Waals surface area contributed by atoms with Crippen LogP contribution in [-0.4, -0.2) is 25.3 Å². The summed E-state index contributed by atoms with van der Waals surface area (Å²) >= 11 is 0. The number of aldehydes is 2. The Morgan fingerprint density at radius 3 is 1.92 bits per heavy atom. The molecule has 25 heavy (non-hydrogen) atoms. The van der Waals surface area contributed by atoms with Crippen LogP contribution in [-0.2, 0) is 14.3 Å². The average Bonchev–Trinajstić information content (AvgIpc) is 2.58. The summed E-state index contributed by atoms with van der Waals surface area (Å²) in [7, 11) is 1.74. The van der Waals surface area contributed by atoms with Crippen molar-refractivity contribution in [3.63, 3.8) is 0 Å². The largest absolute Gasteiger partial charge is 0.379 e. The van der Waals surface area contributed by atoms with E-state index in [-0.39, 0.29) is 5.60 Å². The number of hydrogen-bond donors (Lipinski definition) is 0. The number of rotatable bonds is 16. The van der Waals surface area contributed by atoms with Gasteiger partial charge in [0.15, 0.2) is 0 Å². The molecule has 0 bridgehead atoms. The molecule has 0 aromatic carbocycles. The van der Waals surface area contributed by atoms with E-state index in [1.807, 2.05) is 0 Å². The van der Waals surface area contributed by atoms with Crippen LogP contribution in [0.3, 0.4) is 0 Å². The van der Waals surface area contributed by atoms with Crippen LogP contribution in [0.4, 0.5) is 0 Å². The molecule has 0 N–H and O–H groups in total. The molecule has 3 nitrogen and oxygen atoms in total. The van der Waals surface area contributed by atoms with E-state index in [9.17, 15) is 9.59 Å². The van der Waals surface area contributed by atoms with Crippen LogP contribution in [0, 0.1) is 5.92 Å². The molecule has 150 valence electrons. The molecule has 0 rings (SSSR count). The maximum absolute atomic E-state index is 10.2. The minimum Gasteiger partial charge on any atom is -0.379 e. The molecule has 1 atom stereocenters. The van der Waals surface area contributed by atoms with Crippen molar-refractivity contribution in [3.05, 3.63) is 0 Å². The van der Waals surface area contributed by atoms with Gasteiger partial charge >= 0.3 is 0 Å². The summed E-state index contributed by atoms with van der Waals surface area (Å²) in [6, 6.07) is 0. The Labute approximate surface area is 157 Å². The van der Waals surface area contributed by atoms with Gasteiger partial charge in [-0.2, -0.15) is 0 Å². The summed E-state index contributed by atoms with van der Waals surface area (Å²) in [4.78, 5) is 20.2. The number of hydrogen-bond acceptors (Lipinski definition) is 3. The van der Waals surface area contributed by atoms with Crippen LogP contribution in [0.15, 0.2) is 0 Å². The molecule has 1 unspecified atom stereocenters. The lowest BCUT2D eigenvalue weighted by atomic mass is 9.95. The molecule has 0 fully saturated rings. The lowest BCUT2D eigenvalue weighted by Gasteiger charge is -2.23. The molecule has 0 aromatic heterocycles. The summed E-state index contributed by atoms with van der Waals surface area (Å²) < 4.78 is 5.31. The van der Waals surface area contributed by atoms with Crippen LogP contribution in [0.2, 0.25) is 0 Å². The number of carbonyl (C=O) groups excluding carboxylic acids is 2. The Kier molecular flexibility index (Phi) is 20.8. The van der Waals surface area contributed by atoms with Crippen molar-refractivity contribution < 1.29 is 14.3 Å². The van der Waals surface area contributed by atoms with E-state index in [4.69, 9.17) is 4.74 Å². The molecule has 0 saturated heterocycles. The topological polar surface area (TPSA) is 43.4 Å². The molecule has 0 amide bonds. The quantitative estimate of drug-likeness (QED) is 0.233. The van der Waals surface area contributed by atoms with Crippen LogP contribution < -0.4 is 0 Å². The average molecular weight is 357 g/mol. The summed E-state index contributed by atoms with van der Waals surface area (Å²) in [5.74, 6) is 0.519. The van der Waals surface area contributed by atoms with Gasteiger partial charge in [0.25, 0.3) is 0 Å². The fourth-order valence-electron chi connectivity index (χ4n) is 2.62. The van der Waals surface area contributed by atoms with Crippen molar-refractivity contribution in [2.75, 3.05) is 7.11 Å². The summed E-state index contributed by atoms with van der Waals surface area (Å²) in [5.41, 5.74) is -0.0130. The van der Waals surface area contributed by atoms with Gasteiger partial charge in [-0.3, -0.25) is 0 Å². The highest BCUT2D eigenvalue weighted by molar-refractivity contribution is 5.49. The highest BCUT2D eigenvalue weighted by Gasteiger charge is 2.15. The third kappa shape index (κ3) is 23.3. The molecule has 0 aromatic rings. The lowest BCUT2D eigenvalue weighted by Crippen LogP contribution is -2.22. The van der Waals surface area contributed by atoms with E-state index >= 15 is 0 Å². The van der Waals surface area contributed by atoms with Crippen molar-refractivity contribution >= 4 is 12.6 Å². The van der Waals surface area contributed by atoms with Gasteiger partial charge in [0, 0.05) is 20.0 Å². The first-order valence-corrected chi connectivity index (χ1v) is 10.4. The van der Waals surface area contributed by atoms with Crippen molar-refractivity contribution in [3.8, 4) is 0 Å². The number of carbonyl (C=O) groups is 2. The Morgan fingerprint density at radius 1 is 0.880 bits per heavy atom. The van der Waals surface area contributed by atoms with Crippen LogP contribution in [0.25, 0.3) is 0 Å². The minimum absolute atomic E-state index is 0.0130. The van der Waals surface area contributed by atoms with Crippen molar-refractivity contribution in [1.29, 1.82) is 0 Å². The first-order chi connectivity index (χ1) is 11.9. The van der Waals surface area contributed by atoms with E-state index in [2.05, 4.69) is 27.7 Å². The van der Waals surface area contributed by atoms with Gasteiger partial charge < -0.3 is 14.3 Å². The summed E-state index contributed by atoms with van der Waals surface area (Å²) in [5, 5.41) is 0. The number of unbranched alkanes of at least 4 members (excludes halogenated alkanes) is 8. The monoisotopic (exact) mass is 356 g/mol. The van der Waals surface area contributed by atoms with Gasteiger partial charge in [0.1, 0.15) is 12.6 Å². The zero-order valence-corrected chi connectivity index (χ0v) is 17.6.